The minimum absolute atomic E-state index is 0.0511. The molecule has 1 unspecified atom stereocenters. The minimum Gasteiger partial charge on any atom is -0.495 e. The first kappa shape index (κ1) is 27.2. The Morgan fingerprint density at radius 2 is 1.50 bits per heavy atom. The summed E-state index contributed by atoms with van der Waals surface area (Å²) in [5.74, 6) is -0.208. The van der Waals surface area contributed by atoms with Gasteiger partial charge >= 0.3 is 0 Å². The molecule has 1 amide bonds. The molecule has 3 aromatic carbocycles. The van der Waals surface area contributed by atoms with Gasteiger partial charge in [0, 0.05) is 6.26 Å². The lowest BCUT2D eigenvalue weighted by Gasteiger charge is -2.27. The summed E-state index contributed by atoms with van der Waals surface area (Å²) in [4.78, 5) is 13.4. The number of hydrogen-bond donors (Lipinski definition) is 1. The number of rotatable bonds is 10. The first-order valence-corrected chi connectivity index (χ1v) is 14.6. The highest BCUT2D eigenvalue weighted by molar-refractivity contribution is 7.93. The Balaban J connectivity index is 1.93. The van der Waals surface area contributed by atoms with Crippen molar-refractivity contribution < 1.29 is 26.4 Å². The van der Waals surface area contributed by atoms with Crippen molar-refractivity contribution in [3.63, 3.8) is 0 Å². The Labute approximate surface area is 212 Å². The third-order valence-electron chi connectivity index (χ3n) is 5.70. The first-order valence-electron chi connectivity index (χ1n) is 11.3. The van der Waals surface area contributed by atoms with Crippen LogP contribution in [-0.2, 0) is 24.7 Å². The zero-order valence-electron chi connectivity index (χ0n) is 20.6. The van der Waals surface area contributed by atoms with Gasteiger partial charge in [-0.15, -0.1) is 0 Å². The van der Waals surface area contributed by atoms with Crippen LogP contribution in [0.1, 0.15) is 30.5 Å². The van der Waals surface area contributed by atoms with E-state index in [9.17, 15) is 21.6 Å². The normalized spacial score (nSPS) is 12.6. The zero-order valence-corrected chi connectivity index (χ0v) is 22.3. The Morgan fingerprint density at radius 3 is 2.06 bits per heavy atom. The van der Waals surface area contributed by atoms with Gasteiger partial charge in [0.05, 0.1) is 28.6 Å². The van der Waals surface area contributed by atoms with Crippen molar-refractivity contribution in [1.82, 2.24) is 5.32 Å². The van der Waals surface area contributed by atoms with Gasteiger partial charge in [-0.25, -0.2) is 16.8 Å². The van der Waals surface area contributed by atoms with Crippen LogP contribution in [0.3, 0.4) is 0 Å². The highest BCUT2D eigenvalue weighted by atomic mass is 32.2. The number of nitrogens with one attached hydrogen (secondary N) is 1. The number of ether oxygens (including phenoxy) is 1. The molecule has 0 radical (unpaired) electrons. The Morgan fingerprint density at radius 1 is 0.917 bits per heavy atom. The fourth-order valence-electron chi connectivity index (χ4n) is 3.71. The van der Waals surface area contributed by atoms with Crippen molar-refractivity contribution in [1.29, 1.82) is 0 Å². The third kappa shape index (κ3) is 6.24. The molecule has 0 spiro atoms. The number of carbonyl (C=O) groups is 1. The summed E-state index contributed by atoms with van der Waals surface area (Å²) >= 11 is 0. The first-order chi connectivity index (χ1) is 17.0. The molecule has 3 aromatic rings. The van der Waals surface area contributed by atoms with Gasteiger partial charge in [-0.3, -0.25) is 9.10 Å². The second-order valence-corrected chi connectivity index (χ2v) is 12.2. The molecule has 0 saturated carbocycles. The van der Waals surface area contributed by atoms with E-state index in [2.05, 4.69) is 5.32 Å². The van der Waals surface area contributed by atoms with Crippen molar-refractivity contribution >= 4 is 31.5 Å². The summed E-state index contributed by atoms with van der Waals surface area (Å²) in [6.07, 6.45) is 1.64. The average molecular weight is 531 g/mol. The predicted molar refractivity (Wildman–Crippen MR) is 139 cm³/mol. The summed E-state index contributed by atoms with van der Waals surface area (Å²) in [5.41, 5.74) is 1.85. The van der Waals surface area contributed by atoms with Crippen molar-refractivity contribution in [3.05, 3.63) is 83.9 Å². The van der Waals surface area contributed by atoms with E-state index in [0.29, 0.717) is 17.7 Å². The highest BCUT2D eigenvalue weighted by Crippen LogP contribution is 2.32. The summed E-state index contributed by atoms with van der Waals surface area (Å²) in [6, 6.07) is 18.8. The summed E-state index contributed by atoms with van der Waals surface area (Å²) in [5, 5.41) is 2.88. The van der Waals surface area contributed by atoms with Gasteiger partial charge in [-0.1, -0.05) is 48.9 Å². The monoisotopic (exact) mass is 530 g/mol. The molecule has 0 aliphatic rings. The molecule has 0 fully saturated rings. The molecular formula is C26H30N2O6S2. The molecule has 0 aliphatic carbocycles. The number of hydrogen-bond acceptors (Lipinski definition) is 6. The quantitative estimate of drug-likeness (QED) is 0.426. The number of aryl methyl sites for hydroxylation is 1. The molecule has 8 nitrogen and oxygen atoms in total. The van der Waals surface area contributed by atoms with E-state index in [0.717, 1.165) is 16.1 Å². The fourth-order valence-corrected chi connectivity index (χ4v) is 5.77. The van der Waals surface area contributed by atoms with Gasteiger partial charge in [0.25, 0.3) is 10.0 Å². The van der Waals surface area contributed by atoms with Crippen molar-refractivity contribution in [2.24, 2.45) is 0 Å². The number of nitrogens with zero attached hydrogens (tertiary/aromatic N) is 1. The lowest BCUT2D eigenvalue weighted by atomic mass is 10.0. The van der Waals surface area contributed by atoms with Crippen LogP contribution in [0.25, 0.3) is 0 Å². The average Bonchev–Trinajstić information content (AvgIpc) is 2.85. The maximum atomic E-state index is 13.6. The van der Waals surface area contributed by atoms with E-state index in [1.54, 1.807) is 48.5 Å². The maximum absolute atomic E-state index is 13.6. The number of sulfone groups is 1. The number of carbonyl (C=O) groups excluding carboxylic acids is 1. The Bertz CT molecular complexity index is 1420. The number of methoxy groups -OCH3 is 1. The molecule has 192 valence electrons. The number of amides is 1. The van der Waals surface area contributed by atoms with E-state index >= 15 is 0 Å². The predicted octanol–water partition coefficient (Wildman–Crippen LogP) is 3.87. The van der Waals surface area contributed by atoms with Gasteiger partial charge < -0.3 is 10.1 Å². The second-order valence-electron chi connectivity index (χ2n) is 8.37. The molecule has 0 bridgehead atoms. The van der Waals surface area contributed by atoms with Gasteiger partial charge in [-0.2, -0.15) is 0 Å². The highest BCUT2D eigenvalue weighted by Gasteiger charge is 2.30. The number of anilines is 1. The van der Waals surface area contributed by atoms with Crippen LogP contribution < -0.4 is 14.4 Å². The minimum atomic E-state index is -4.10. The van der Waals surface area contributed by atoms with Gasteiger partial charge in [-0.05, 0) is 55.3 Å². The van der Waals surface area contributed by atoms with Crippen LogP contribution in [0.2, 0.25) is 0 Å². The zero-order chi connectivity index (χ0) is 26.5. The molecule has 1 atom stereocenters. The molecule has 3 rings (SSSR count). The van der Waals surface area contributed by atoms with E-state index in [4.69, 9.17) is 4.74 Å². The Hall–Kier alpha value is -3.37. The molecule has 10 heteroatoms. The molecule has 1 N–H and O–H groups in total. The summed E-state index contributed by atoms with van der Waals surface area (Å²) in [7, 11) is -6.01. The van der Waals surface area contributed by atoms with Gasteiger partial charge in [0.1, 0.15) is 12.3 Å². The van der Waals surface area contributed by atoms with Crippen LogP contribution in [0, 0.1) is 6.92 Å². The summed E-state index contributed by atoms with van der Waals surface area (Å²) < 4.78 is 57.2. The second kappa shape index (κ2) is 11.1. The molecule has 0 heterocycles. The maximum Gasteiger partial charge on any atom is 0.264 e. The molecular weight excluding hydrogens is 500 g/mol. The van der Waals surface area contributed by atoms with Crippen LogP contribution in [0.4, 0.5) is 5.69 Å². The third-order valence-corrected chi connectivity index (χ3v) is 8.61. The van der Waals surface area contributed by atoms with Crippen molar-refractivity contribution in [2.75, 3.05) is 24.2 Å². The van der Waals surface area contributed by atoms with Crippen LogP contribution in [-0.4, -0.2) is 42.7 Å². The number of sulfonamides is 1. The Kier molecular flexibility index (Phi) is 8.42. The largest absolute Gasteiger partial charge is 0.495 e. The van der Waals surface area contributed by atoms with Crippen molar-refractivity contribution in [3.8, 4) is 5.75 Å². The van der Waals surface area contributed by atoms with E-state index in [-0.39, 0.29) is 15.5 Å². The molecule has 0 aromatic heterocycles. The van der Waals surface area contributed by atoms with E-state index in [1.807, 2.05) is 13.8 Å². The standard InChI is InChI=1S/C26H30N2O6S2/c1-5-23(20-12-16-21(17-13-20)35(4,30)31)27-26(29)18-28(24-8-6-7-9-25(24)34-3)36(32,33)22-14-10-19(2)11-15-22/h6-17,23H,5,18H2,1-4H3,(H,27,29). The lowest BCUT2D eigenvalue weighted by molar-refractivity contribution is -0.120. The van der Waals surface area contributed by atoms with Gasteiger partial charge in [0.15, 0.2) is 9.84 Å². The lowest BCUT2D eigenvalue weighted by Crippen LogP contribution is -2.42. The van der Waals surface area contributed by atoms with E-state index < -0.39 is 38.4 Å². The van der Waals surface area contributed by atoms with Gasteiger partial charge in [0.2, 0.25) is 5.91 Å². The van der Waals surface area contributed by atoms with Crippen molar-refractivity contribution in [2.45, 2.75) is 36.1 Å². The summed E-state index contributed by atoms with van der Waals surface area (Å²) in [6.45, 7) is 3.25. The van der Waals surface area contributed by atoms with Crippen LogP contribution in [0.5, 0.6) is 5.75 Å². The van der Waals surface area contributed by atoms with Crippen LogP contribution >= 0.6 is 0 Å². The SMILES string of the molecule is CCC(NC(=O)CN(c1ccccc1OC)S(=O)(=O)c1ccc(C)cc1)c1ccc(S(C)(=O)=O)cc1. The number of para-hydroxylation sites is 2. The molecule has 0 saturated heterocycles. The number of benzene rings is 3. The van der Waals surface area contributed by atoms with E-state index in [1.165, 1.54) is 31.4 Å². The molecule has 36 heavy (non-hydrogen) atoms. The molecule has 0 aliphatic heterocycles. The fraction of sp³-hybridized carbons (Fsp3) is 0.269. The van der Waals surface area contributed by atoms with Crippen LogP contribution in [0.15, 0.2) is 82.6 Å². The smallest absolute Gasteiger partial charge is 0.264 e. The topological polar surface area (TPSA) is 110 Å².